The van der Waals surface area contributed by atoms with Crippen molar-refractivity contribution in [1.29, 1.82) is 0 Å². The molecule has 18 heavy (non-hydrogen) atoms. The molecule has 4 heteroatoms. The van der Waals surface area contributed by atoms with Gasteiger partial charge in [-0.15, -0.1) is 0 Å². The molecule has 0 amide bonds. The van der Waals surface area contributed by atoms with Crippen LogP contribution in [0.5, 0.6) is 5.75 Å². The molecule has 0 aromatic heterocycles. The minimum Gasteiger partial charge on any atom is -0.497 e. The molecule has 0 aliphatic carbocycles. The first-order valence-corrected chi connectivity index (χ1v) is 5.39. The van der Waals surface area contributed by atoms with E-state index < -0.39 is 5.97 Å². The number of nitrogen functional groups attached to an aromatic ring is 1. The summed E-state index contributed by atoms with van der Waals surface area (Å²) in [6.45, 7) is 0. The number of anilines is 1. The molecule has 2 aromatic carbocycles. The van der Waals surface area contributed by atoms with E-state index in [1.54, 1.807) is 31.4 Å². The second-order valence-corrected chi connectivity index (χ2v) is 3.84. The summed E-state index contributed by atoms with van der Waals surface area (Å²) in [5.41, 5.74) is 7.80. The van der Waals surface area contributed by atoms with Crippen LogP contribution in [0.1, 0.15) is 10.4 Å². The van der Waals surface area contributed by atoms with E-state index in [2.05, 4.69) is 0 Å². The van der Waals surface area contributed by atoms with Crippen molar-refractivity contribution in [3.63, 3.8) is 0 Å². The topological polar surface area (TPSA) is 72.5 Å². The van der Waals surface area contributed by atoms with E-state index in [0.29, 0.717) is 17.0 Å². The number of rotatable bonds is 3. The summed E-state index contributed by atoms with van der Waals surface area (Å²) in [5, 5.41) is 9.17. The zero-order valence-electron chi connectivity index (χ0n) is 9.88. The third-order valence-corrected chi connectivity index (χ3v) is 2.65. The SMILES string of the molecule is COc1cccc(-c2cc(N)ccc2C(=O)O)c1. The van der Waals surface area contributed by atoms with Crippen LogP contribution in [0.4, 0.5) is 5.69 Å². The third-order valence-electron chi connectivity index (χ3n) is 2.65. The lowest BCUT2D eigenvalue weighted by molar-refractivity contribution is 0.0698. The number of nitrogens with two attached hydrogens (primary N) is 1. The van der Waals surface area contributed by atoms with Gasteiger partial charge >= 0.3 is 5.97 Å². The maximum absolute atomic E-state index is 11.2. The van der Waals surface area contributed by atoms with Gasteiger partial charge in [-0.25, -0.2) is 4.79 Å². The summed E-state index contributed by atoms with van der Waals surface area (Å²) in [6.07, 6.45) is 0. The molecule has 2 rings (SSSR count). The number of hydrogen-bond donors (Lipinski definition) is 2. The summed E-state index contributed by atoms with van der Waals surface area (Å²) in [4.78, 5) is 11.2. The normalized spacial score (nSPS) is 10.1. The second-order valence-electron chi connectivity index (χ2n) is 3.84. The van der Waals surface area contributed by atoms with Gasteiger partial charge in [0, 0.05) is 5.69 Å². The van der Waals surface area contributed by atoms with Crippen LogP contribution in [0.2, 0.25) is 0 Å². The minimum absolute atomic E-state index is 0.220. The van der Waals surface area contributed by atoms with Crippen LogP contribution < -0.4 is 10.5 Å². The van der Waals surface area contributed by atoms with Crippen molar-refractivity contribution in [2.24, 2.45) is 0 Å². The largest absolute Gasteiger partial charge is 0.497 e. The second kappa shape index (κ2) is 4.79. The van der Waals surface area contributed by atoms with Gasteiger partial charge in [-0.1, -0.05) is 12.1 Å². The fraction of sp³-hybridized carbons (Fsp3) is 0.0714. The lowest BCUT2D eigenvalue weighted by Crippen LogP contribution is -2.00. The Morgan fingerprint density at radius 3 is 2.67 bits per heavy atom. The van der Waals surface area contributed by atoms with E-state index in [1.807, 2.05) is 12.1 Å². The number of methoxy groups -OCH3 is 1. The van der Waals surface area contributed by atoms with Gasteiger partial charge < -0.3 is 15.6 Å². The summed E-state index contributed by atoms with van der Waals surface area (Å²) >= 11 is 0. The predicted molar refractivity (Wildman–Crippen MR) is 69.8 cm³/mol. The summed E-state index contributed by atoms with van der Waals surface area (Å²) in [6, 6.07) is 11.9. The Morgan fingerprint density at radius 2 is 2.00 bits per heavy atom. The summed E-state index contributed by atoms with van der Waals surface area (Å²) < 4.78 is 5.13. The number of hydrogen-bond acceptors (Lipinski definition) is 3. The number of benzene rings is 2. The highest BCUT2D eigenvalue weighted by atomic mass is 16.5. The Balaban J connectivity index is 2.61. The highest BCUT2D eigenvalue weighted by molar-refractivity contribution is 5.97. The van der Waals surface area contributed by atoms with E-state index in [0.717, 1.165) is 5.56 Å². The van der Waals surface area contributed by atoms with Crippen LogP contribution in [0.15, 0.2) is 42.5 Å². The van der Waals surface area contributed by atoms with Crippen molar-refractivity contribution in [1.82, 2.24) is 0 Å². The van der Waals surface area contributed by atoms with E-state index in [-0.39, 0.29) is 5.56 Å². The van der Waals surface area contributed by atoms with Crippen molar-refractivity contribution in [3.05, 3.63) is 48.0 Å². The number of carbonyl (C=O) groups is 1. The average Bonchev–Trinajstić information content (AvgIpc) is 2.38. The molecular formula is C14H13NO3. The first-order valence-electron chi connectivity index (χ1n) is 5.39. The van der Waals surface area contributed by atoms with Crippen LogP contribution in [-0.2, 0) is 0 Å². The van der Waals surface area contributed by atoms with Gasteiger partial charge in [-0.3, -0.25) is 0 Å². The standard InChI is InChI=1S/C14H13NO3/c1-18-11-4-2-3-9(7-11)13-8-10(15)5-6-12(13)14(16)17/h2-8H,15H2,1H3,(H,16,17). The Labute approximate surface area is 105 Å². The van der Waals surface area contributed by atoms with E-state index in [9.17, 15) is 9.90 Å². The number of carboxylic acid groups (broad SMARTS) is 1. The smallest absolute Gasteiger partial charge is 0.336 e. The fourth-order valence-electron chi connectivity index (χ4n) is 1.78. The molecule has 92 valence electrons. The van der Waals surface area contributed by atoms with E-state index >= 15 is 0 Å². The van der Waals surface area contributed by atoms with Crippen LogP contribution in [0.25, 0.3) is 11.1 Å². The lowest BCUT2D eigenvalue weighted by atomic mass is 9.99. The van der Waals surface area contributed by atoms with Gasteiger partial charge in [0.25, 0.3) is 0 Å². The molecule has 0 unspecified atom stereocenters. The molecular weight excluding hydrogens is 230 g/mol. The molecule has 0 aliphatic rings. The Morgan fingerprint density at radius 1 is 1.22 bits per heavy atom. The zero-order valence-corrected chi connectivity index (χ0v) is 9.88. The van der Waals surface area contributed by atoms with Gasteiger partial charge in [0.05, 0.1) is 12.7 Å². The van der Waals surface area contributed by atoms with Crippen molar-refractivity contribution >= 4 is 11.7 Å². The highest BCUT2D eigenvalue weighted by Crippen LogP contribution is 2.28. The summed E-state index contributed by atoms with van der Waals surface area (Å²) in [5.74, 6) is -0.306. The maximum Gasteiger partial charge on any atom is 0.336 e. The summed E-state index contributed by atoms with van der Waals surface area (Å²) in [7, 11) is 1.57. The van der Waals surface area contributed by atoms with Crippen LogP contribution >= 0.6 is 0 Å². The quantitative estimate of drug-likeness (QED) is 0.813. The molecule has 0 radical (unpaired) electrons. The van der Waals surface area contributed by atoms with E-state index in [4.69, 9.17) is 10.5 Å². The Kier molecular flexibility index (Phi) is 3.19. The van der Waals surface area contributed by atoms with Crippen molar-refractivity contribution in [3.8, 4) is 16.9 Å². The number of ether oxygens (including phenoxy) is 1. The first-order chi connectivity index (χ1) is 8.61. The van der Waals surface area contributed by atoms with Gasteiger partial charge in [0.15, 0.2) is 0 Å². The lowest BCUT2D eigenvalue weighted by Gasteiger charge is -2.09. The maximum atomic E-state index is 11.2. The number of carboxylic acids is 1. The minimum atomic E-state index is -0.979. The van der Waals surface area contributed by atoms with Crippen LogP contribution in [-0.4, -0.2) is 18.2 Å². The average molecular weight is 243 g/mol. The Bertz CT molecular complexity index is 593. The highest BCUT2D eigenvalue weighted by Gasteiger charge is 2.12. The monoisotopic (exact) mass is 243 g/mol. The molecule has 0 spiro atoms. The van der Waals surface area contributed by atoms with Crippen LogP contribution in [0.3, 0.4) is 0 Å². The van der Waals surface area contributed by atoms with Crippen LogP contribution in [0, 0.1) is 0 Å². The van der Waals surface area contributed by atoms with E-state index in [1.165, 1.54) is 6.07 Å². The molecule has 0 saturated heterocycles. The van der Waals surface area contributed by atoms with Gasteiger partial charge in [0.1, 0.15) is 5.75 Å². The van der Waals surface area contributed by atoms with Crippen molar-refractivity contribution < 1.29 is 14.6 Å². The molecule has 0 fully saturated rings. The van der Waals surface area contributed by atoms with Crippen molar-refractivity contribution in [2.45, 2.75) is 0 Å². The van der Waals surface area contributed by atoms with Gasteiger partial charge in [-0.05, 0) is 41.5 Å². The molecule has 0 saturated carbocycles. The zero-order chi connectivity index (χ0) is 13.1. The molecule has 3 N–H and O–H groups in total. The van der Waals surface area contributed by atoms with Gasteiger partial charge in [-0.2, -0.15) is 0 Å². The number of aromatic carboxylic acids is 1. The molecule has 0 heterocycles. The molecule has 4 nitrogen and oxygen atoms in total. The Hall–Kier alpha value is -2.49. The molecule has 0 atom stereocenters. The molecule has 2 aromatic rings. The predicted octanol–water partition coefficient (Wildman–Crippen LogP) is 2.64. The fourth-order valence-corrected chi connectivity index (χ4v) is 1.78. The first kappa shape index (κ1) is 12.0. The van der Waals surface area contributed by atoms with Gasteiger partial charge in [0.2, 0.25) is 0 Å². The van der Waals surface area contributed by atoms with Crippen molar-refractivity contribution in [2.75, 3.05) is 12.8 Å². The molecule has 0 aliphatic heterocycles. The molecule has 0 bridgehead atoms. The third kappa shape index (κ3) is 2.27.